The van der Waals surface area contributed by atoms with E-state index in [-0.39, 0.29) is 12.0 Å². The summed E-state index contributed by atoms with van der Waals surface area (Å²) in [5.74, 6) is 0. The van der Waals surface area contributed by atoms with E-state index in [4.69, 9.17) is 38.3 Å². The van der Waals surface area contributed by atoms with Crippen LogP contribution < -0.4 is 0 Å². The molecule has 0 spiro atoms. The van der Waals surface area contributed by atoms with Crippen molar-refractivity contribution in [2.45, 2.75) is 33.9 Å². The maximum atomic E-state index is 8.92. The van der Waals surface area contributed by atoms with Gasteiger partial charge >= 0.3 is 0 Å². The van der Waals surface area contributed by atoms with Crippen LogP contribution in [0.25, 0.3) is 0 Å². The lowest BCUT2D eigenvalue weighted by molar-refractivity contribution is -0.0235. The third kappa shape index (κ3) is 20.0. The van der Waals surface area contributed by atoms with Crippen LogP contribution in [0.3, 0.4) is 0 Å². The quantitative estimate of drug-likeness (QED) is 0.228. The van der Waals surface area contributed by atoms with Crippen molar-refractivity contribution in [3.05, 3.63) is 11.9 Å². The zero-order chi connectivity index (χ0) is 24.0. The summed E-state index contributed by atoms with van der Waals surface area (Å²) in [4.78, 5) is 0. The number of rotatable bonds is 23. The smallest absolute Gasteiger partial charge is 0.108 e. The molecule has 11 heteroatoms. The molecule has 0 aliphatic rings. The summed E-state index contributed by atoms with van der Waals surface area (Å²) in [7, 11) is 0. The molecule has 0 amide bonds. The van der Waals surface area contributed by atoms with Gasteiger partial charge in [0.2, 0.25) is 0 Å². The molecule has 0 aliphatic heterocycles. The van der Waals surface area contributed by atoms with Gasteiger partial charge in [-0.15, -0.1) is 5.10 Å². The number of nitrogens with zero attached hydrogens (tertiary/aromatic N) is 3. The average molecular weight is 478 g/mol. The van der Waals surface area contributed by atoms with Gasteiger partial charge in [-0.1, -0.05) is 26.0 Å². The molecule has 1 heterocycles. The zero-order valence-corrected chi connectivity index (χ0v) is 20.5. The number of aliphatic hydroxyl groups excluding tert-OH is 1. The van der Waals surface area contributed by atoms with Crippen LogP contribution in [0.5, 0.6) is 0 Å². The summed E-state index contributed by atoms with van der Waals surface area (Å²) in [6.45, 7) is 14.6. The van der Waals surface area contributed by atoms with E-state index in [2.05, 4.69) is 31.1 Å². The van der Waals surface area contributed by atoms with Crippen LogP contribution in [0.1, 0.15) is 26.5 Å². The summed E-state index contributed by atoms with van der Waals surface area (Å²) in [5, 5.41) is 16.6. The molecule has 1 aromatic heterocycles. The highest BCUT2D eigenvalue weighted by Gasteiger charge is 2.09. The Morgan fingerprint density at radius 1 is 0.667 bits per heavy atom. The van der Waals surface area contributed by atoms with E-state index in [1.54, 1.807) is 10.9 Å². The Morgan fingerprint density at radius 3 is 1.42 bits per heavy atom. The topological polar surface area (TPSA) is 116 Å². The molecule has 194 valence electrons. The van der Waals surface area contributed by atoms with Gasteiger partial charge in [0.05, 0.1) is 112 Å². The lowest BCUT2D eigenvalue weighted by atomic mass is 9.99. The second-order valence-electron chi connectivity index (χ2n) is 8.42. The fraction of sp³-hybridized carbons (Fsp3) is 0.909. The number of aliphatic hydroxyl groups is 1. The van der Waals surface area contributed by atoms with Gasteiger partial charge < -0.3 is 38.3 Å². The predicted octanol–water partition coefficient (Wildman–Crippen LogP) is 0.933. The molecule has 0 bridgehead atoms. The highest BCUT2D eigenvalue weighted by molar-refractivity contribution is 4.88. The van der Waals surface area contributed by atoms with E-state index in [9.17, 15) is 0 Å². The summed E-state index contributed by atoms with van der Waals surface area (Å²) >= 11 is 0. The maximum Gasteiger partial charge on any atom is 0.108 e. The van der Waals surface area contributed by atoms with Crippen LogP contribution in [0, 0.1) is 5.41 Å². The first-order valence-electron chi connectivity index (χ1n) is 11.6. The van der Waals surface area contributed by atoms with E-state index < -0.39 is 0 Å². The Balaban J connectivity index is 1.68. The molecule has 11 nitrogen and oxygen atoms in total. The molecule has 0 fully saturated rings. The first-order valence-corrected chi connectivity index (χ1v) is 11.6. The van der Waals surface area contributed by atoms with Crippen LogP contribution >= 0.6 is 0 Å². The molecule has 0 radical (unpaired) electrons. The lowest BCUT2D eigenvalue weighted by Crippen LogP contribution is -2.17. The van der Waals surface area contributed by atoms with Crippen molar-refractivity contribution >= 4 is 0 Å². The first-order chi connectivity index (χ1) is 16.0. The summed E-state index contributed by atoms with van der Waals surface area (Å²) in [5.41, 5.74) is 0.734. The van der Waals surface area contributed by atoms with Crippen LogP contribution in [-0.4, -0.2) is 113 Å². The minimum absolute atomic E-state index is 0.109. The van der Waals surface area contributed by atoms with Gasteiger partial charge in [-0.3, -0.25) is 0 Å². The van der Waals surface area contributed by atoms with Gasteiger partial charge in [0.25, 0.3) is 0 Å². The third-order valence-electron chi connectivity index (χ3n) is 3.98. The van der Waals surface area contributed by atoms with E-state index in [1.165, 1.54) is 0 Å². The molecule has 0 aromatic carbocycles. The normalized spacial score (nSPS) is 12.0. The second kappa shape index (κ2) is 20.2. The Morgan fingerprint density at radius 2 is 1.06 bits per heavy atom. The minimum Gasteiger partial charge on any atom is -0.390 e. The van der Waals surface area contributed by atoms with Gasteiger partial charge in [-0.05, 0) is 5.41 Å². The van der Waals surface area contributed by atoms with E-state index in [0.29, 0.717) is 98.1 Å². The molecular weight excluding hydrogens is 434 g/mol. The molecule has 0 saturated heterocycles. The Labute approximate surface area is 197 Å². The highest BCUT2D eigenvalue weighted by Crippen LogP contribution is 2.12. The molecule has 1 N–H and O–H groups in total. The van der Waals surface area contributed by atoms with Crippen LogP contribution in [0.4, 0.5) is 0 Å². The van der Waals surface area contributed by atoms with Crippen LogP contribution in [-0.2, 0) is 46.3 Å². The number of hydrogen-bond acceptors (Lipinski definition) is 10. The first kappa shape index (κ1) is 29.9. The minimum atomic E-state index is -0.109. The number of hydrogen-bond donors (Lipinski definition) is 1. The van der Waals surface area contributed by atoms with Crippen molar-refractivity contribution in [2.75, 3.05) is 92.5 Å². The van der Waals surface area contributed by atoms with E-state index in [1.807, 2.05) is 0 Å². The van der Waals surface area contributed by atoms with Crippen molar-refractivity contribution in [3.8, 4) is 0 Å². The largest absolute Gasteiger partial charge is 0.390 e. The van der Waals surface area contributed by atoms with Crippen molar-refractivity contribution in [2.24, 2.45) is 5.41 Å². The molecular formula is C22H43N3O8. The van der Waals surface area contributed by atoms with Gasteiger partial charge in [0.15, 0.2) is 0 Å². The molecule has 1 aromatic rings. The Bertz CT molecular complexity index is 554. The maximum absolute atomic E-state index is 8.92. The van der Waals surface area contributed by atoms with Crippen LogP contribution in [0.2, 0.25) is 0 Å². The fourth-order valence-electron chi connectivity index (χ4n) is 2.38. The molecule has 0 saturated carbocycles. The molecule has 33 heavy (non-hydrogen) atoms. The van der Waals surface area contributed by atoms with Crippen molar-refractivity contribution in [3.63, 3.8) is 0 Å². The Kier molecular flexibility index (Phi) is 18.3. The predicted molar refractivity (Wildman–Crippen MR) is 121 cm³/mol. The number of aromatic nitrogens is 3. The molecule has 1 rings (SSSR count). The zero-order valence-electron chi connectivity index (χ0n) is 20.5. The van der Waals surface area contributed by atoms with E-state index >= 15 is 0 Å². The van der Waals surface area contributed by atoms with Crippen molar-refractivity contribution in [1.29, 1.82) is 0 Å². The Hall–Kier alpha value is -1.18. The second-order valence-corrected chi connectivity index (χ2v) is 8.42. The SMILES string of the molecule is CC(C)(C)COCCOCCOCCOCCOCCOCCOCCn1cc(CO)nn1. The monoisotopic (exact) mass is 477 g/mol. The lowest BCUT2D eigenvalue weighted by Gasteiger charge is -2.17. The van der Waals surface area contributed by atoms with Gasteiger partial charge in [0.1, 0.15) is 5.69 Å². The summed E-state index contributed by atoms with van der Waals surface area (Å²) in [6.07, 6.45) is 1.69. The third-order valence-corrected chi connectivity index (χ3v) is 3.98. The highest BCUT2D eigenvalue weighted by atomic mass is 16.6. The molecule has 0 aliphatic carbocycles. The summed E-state index contributed by atoms with van der Waals surface area (Å²) in [6, 6.07) is 0. The van der Waals surface area contributed by atoms with Gasteiger partial charge in [-0.25, -0.2) is 4.68 Å². The molecule has 0 atom stereocenters. The van der Waals surface area contributed by atoms with Crippen LogP contribution in [0.15, 0.2) is 6.20 Å². The fourth-order valence-corrected chi connectivity index (χ4v) is 2.38. The van der Waals surface area contributed by atoms with Crippen molar-refractivity contribution in [1.82, 2.24) is 15.0 Å². The standard InChI is InChI=1S/C22H43N3O8/c1-22(2,3)20-33-17-16-32-15-14-31-13-12-30-11-10-29-9-8-28-7-6-27-5-4-25-18-21(19-26)23-24-25/h18,26H,4-17,19-20H2,1-3H3. The van der Waals surface area contributed by atoms with E-state index in [0.717, 1.165) is 6.61 Å². The summed E-state index contributed by atoms with van der Waals surface area (Å²) < 4.78 is 39.8. The van der Waals surface area contributed by atoms with Gasteiger partial charge in [0, 0.05) is 0 Å². The average Bonchev–Trinajstić information content (AvgIpc) is 3.24. The molecule has 0 unspecified atom stereocenters. The number of ether oxygens (including phenoxy) is 7. The van der Waals surface area contributed by atoms with Crippen molar-refractivity contribution < 1.29 is 38.3 Å². The van der Waals surface area contributed by atoms with Gasteiger partial charge in [-0.2, -0.15) is 0 Å².